The quantitative estimate of drug-likeness (QED) is 0.910. The van der Waals surface area contributed by atoms with Crippen LogP contribution in [-0.2, 0) is 4.79 Å². The van der Waals surface area contributed by atoms with Crippen LogP contribution in [0.2, 0.25) is 5.02 Å². The molecule has 2 N–H and O–H groups in total. The summed E-state index contributed by atoms with van der Waals surface area (Å²) in [5.41, 5.74) is 6.63. The molecule has 98 valence electrons. The topological polar surface area (TPSA) is 46.3 Å². The molecule has 0 radical (unpaired) electrons. The van der Waals surface area contributed by atoms with Crippen molar-refractivity contribution in [1.82, 2.24) is 4.90 Å². The van der Waals surface area contributed by atoms with Gasteiger partial charge in [-0.15, -0.1) is 0 Å². The lowest BCUT2D eigenvalue weighted by atomic mass is 10.0. The first-order valence-corrected chi connectivity index (χ1v) is 6.74. The summed E-state index contributed by atoms with van der Waals surface area (Å²) in [7, 11) is 0. The van der Waals surface area contributed by atoms with Crippen LogP contribution in [0.4, 0.5) is 0 Å². The number of nitrogens with zero attached hydrogens (tertiary/aromatic N) is 1. The first-order valence-electron chi connectivity index (χ1n) is 6.37. The van der Waals surface area contributed by atoms with Crippen LogP contribution in [0.25, 0.3) is 0 Å². The van der Waals surface area contributed by atoms with Crippen molar-refractivity contribution in [3.63, 3.8) is 0 Å². The molecule has 3 nitrogen and oxygen atoms in total. The van der Waals surface area contributed by atoms with Crippen molar-refractivity contribution in [1.29, 1.82) is 0 Å². The summed E-state index contributed by atoms with van der Waals surface area (Å²) in [6, 6.07) is 7.81. The zero-order chi connectivity index (χ0) is 13.1. The smallest absolute Gasteiger partial charge is 0.234 e. The predicted octanol–water partition coefficient (Wildman–Crippen LogP) is 2.39. The molecular weight excluding hydrogens is 248 g/mol. The standard InChI is InChI=1S/C14H19ClN2O/c1-10(11-4-2-5-12(15)8-11)9-17-7-3-6-13(17)14(16)18/h2,4-5,8,10,13H,3,6-7,9H2,1H3,(H2,16,18). The summed E-state index contributed by atoms with van der Waals surface area (Å²) in [6.45, 7) is 3.97. The van der Waals surface area contributed by atoms with E-state index in [1.165, 1.54) is 5.56 Å². The number of carbonyl (C=O) groups excluding carboxylic acids is 1. The van der Waals surface area contributed by atoms with Gasteiger partial charge in [-0.25, -0.2) is 0 Å². The molecule has 1 aromatic rings. The minimum atomic E-state index is -0.203. The highest BCUT2D eigenvalue weighted by Gasteiger charge is 2.29. The van der Waals surface area contributed by atoms with Gasteiger partial charge < -0.3 is 5.73 Å². The Kier molecular flexibility index (Phi) is 4.25. The van der Waals surface area contributed by atoms with Crippen LogP contribution in [0.5, 0.6) is 0 Å². The SMILES string of the molecule is CC(CN1CCCC1C(N)=O)c1cccc(Cl)c1. The molecule has 1 aliphatic rings. The number of carbonyl (C=O) groups is 1. The number of amides is 1. The highest BCUT2D eigenvalue weighted by Crippen LogP contribution is 2.24. The van der Waals surface area contributed by atoms with E-state index >= 15 is 0 Å². The lowest BCUT2D eigenvalue weighted by Gasteiger charge is -2.25. The predicted molar refractivity (Wildman–Crippen MR) is 73.7 cm³/mol. The van der Waals surface area contributed by atoms with Gasteiger partial charge in [-0.3, -0.25) is 9.69 Å². The molecule has 0 aromatic heterocycles. The summed E-state index contributed by atoms with van der Waals surface area (Å²) in [5, 5.41) is 0.757. The molecule has 1 aromatic carbocycles. The van der Waals surface area contributed by atoms with E-state index in [0.717, 1.165) is 31.0 Å². The van der Waals surface area contributed by atoms with Crippen LogP contribution in [-0.4, -0.2) is 29.9 Å². The van der Waals surface area contributed by atoms with Crippen molar-refractivity contribution < 1.29 is 4.79 Å². The Balaban J connectivity index is 2.03. The largest absolute Gasteiger partial charge is 0.368 e. The monoisotopic (exact) mass is 266 g/mol. The van der Waals surface area contributed by atoms with E-state index in [9.17, 15) is 4.79 Å². The summed E-state index contributed by atoms with van der Waals surface area (Å²) in [4.78, 5) is 13.5. The Bertz CT molecular complexity index is 436. The van der Waals surface area contributed by atoms with Gasteiger partial charge in [-0.1, -0.05) is 30.7 Å². The highest BCUT2D eigenvalue weighted by atomic mass is 35.5. The third kappa shape index (κ3) is 3.03. The Morgan fingerprint density at radius 3 is 3.06 bits per heavy atom. The normalized spacial score (nSPS) is 22.0. The zero-order valence-corrected chi connectivity index (χ0v) is 11.4. The van der Waals surface area contributed by atoms with Gasteiger partial charge in [0.05, 0.1) is 6.04 Å². The van der Waals surface area contributed by atoms with E-state index in [0.29, 0.717) is 5.92 Å². The van der Waals surface area contributed by atoms with Crippen LogP contribution in [0, 0.1) is 0 Å². The van der Waals surface area contributed by atoms with E-state index in [-0.39, 0.29) is 11.9 Å². The molecule has 1 amide bonds. The maximum Gasteiger partial charge on any atom is 0.234 e. The third-order valence-electron chi connectivity index (χ3n) is 3.62. The number of primary amides is 1. The van der Waals surface area contributed by atoms with E-state index in [4.69, 9.17) is 17.3 Å². The Labute approximate surface area is 113 Å². The van der Waals surface area contributed by atoms with Crippen molar-refractivity contribution >= 4 is 17.5 Å². The molecule has 2 rings (SSSR count). The fourth-order valence-corrected chi connectivity index (χ4v) is 2.84. The number of hydrogen-bond donors (Lipinski definition) is 1. The zero-order valence-electron chi connectivity index (χ0n) is 10.6. The Morgan fingerprint density at radius 1 is 1.61 bits per heavy atom. The van der Waals surface area contributed by atoms with E-state index < -0.39 is 0 Å². The fourth-order valence-electron chi connectivity index (χ4n) is 2.64. The second kappa shape index (κ2) is 5.72. The minimum absolute atomic E-state index is 0.0911. The average Bonchev–Trinajstić information content (AvgIpc) is 2.77. The molecular formula is C14H19ClN2O. The minimum Gasteiger partial charge on any atom is -0.368 e. The Morgan fingerprint density at radius 2 is 2.39 bits per heavy atom. The van der Waals surface area contributed by atoms with Crippen LogP contribution < -0.4 is 5.73 Å². The molecule has 4 heteroatoms. The molecule has 2 unspecified atom stereocenters. The molecule has 18 heavy (non-hydrogen) atoms. The van der Waals surface area contributed by atoms with Crippen LogP contribution in [0.3, 0.4) is 0 Å². The van der Waals surface area contributed by atoms with Gasteiger partial charge in [0.15, 0.2) is 0 Å². The molecule has 0 bridgehead atoms. The highest BCUT2D eigenvalue weighted by molar-refractivity contribution is 6.30. The second-order valence-corrected chi connectivity index (χ2v) is 5.45. The first kappa shape index (κ1) is 13.4. The van der Waals surface area contributed by atoms with Crippen molar-refractivity contribution in [2.45, 2.75) is 31.7 Å². The molecule has 1 fully saturated rings. The van der Waals surface area contributed by atoms with Crippen molar-refractivity contribution in [2.24, 2.45) is 5.73 Å². The summed E-state index contributed by atoms with van der Waals surface area (Å²) >= 11 is 6.00. The van der Waals surface area contributed by atoms with Gasteiger partial charge in [0.1, 0.15) is 0 Å². The van der Waals surface area contributed by atoms with Gasteiger partial charge in [0, 0.05) is 11.6 Å². The van der Waals surface area contributed by atoms with Gasteiger partial charge in [-0.2, -0.15) is 0 Å². The van der Waals surface area contributed by atoms with Gasteiger partial charge in [0.25, 0.3) is 0 Å². The van der Waals surface area contributed by atoms with Crippen molar-refractivity contribution in [3.05, 3.63) is 34.9 Å². The van der Waals surface area contributed by atoms with Gasteiger partial charge in [-0.05, 0) is 43.0 Å². The lowest BCUT2D eigenvalue weighted by Crippen LogP contribution is -2.41. The van der Waals surface area contributed by atoms with E-state index in [2.05, 4.69) is 17.9 Å². The molecule has 1 aliphatic heterocycles. The van der Waals surface area contributed by atoms with Crippen LogP contribution in [0.1, 0.15) is 31.2 Å². The van der Waals surface area contributed by atoms with E-state index in [1.807, 2.05) is 18.2 Å². The maximum atomic E-state index is 11.3. The third-order valence-corrected chi connectivity index (χ3v) is 3.85. The average molecular weight is 267 g/mol. The lowest BCUT2D eigenvalue weighted by molar-refractivity contribution is -0.122. The fraction of sp³-hybridized carbons (Fsp3) is 0.500. The van der Waals surface area contributed by atoms with Crippen molar-refractivity contribution in [3.8, 4) is 0 Å². The van der Waals surface area contributed by atoms with Crippen molar-refractivity contribution in [2.75, 3.05) is 13.1 Å². The number of likely N-dealkylation sites (tertiary alicyclic amines) is 1. The number of benzene rings is 1. The van der Waals surface area contributed by atoms with E-state index in [1.54, 1.807) is 0 Å². The number of halogens is 1. The van der Waals surface area contributed by atoms with Crippen LogP contribution >= 0.6 is 11.6 Å². The number of hydrogen-bond acceptors (Lipinski definition) is 2. The van der Waals surface area contributed by atoms with Crippen LogP contribution in [0.15, 0.2) is 24.3 Å². The molecule has 2 atom stereocenters. The summed E-state index contributed by atoms with van der Waals surface area (Å²) < 4.78 is 0. The molecule has 1 heterocycles. The molecule has 1 saturated heterocycles. The second-order valence-electron chi connectivity index (χ2n) is 5.01. The van der Waals surface area contributed by atoms with Gasteiger partial charge in [0.2, 0.25) is 5.91 Å². The maximum absolute atomic E-state index is 11.3. The first-order chi connectivity index (χ1) is 8.58. The molecule has 0 spiro atoms. The number of nitrogens with two attached hydrogens (primary N) is 1. The number of rotatable bonds is 4. The molecule has 0 saturated carbocycles. The molecule has 0 aliphatic carbocycles. The van der Waals surface area contributed by atoms with Gasteiger partial charge >= 0.3 is 0 Å². The Hall–Kier alpha value is -1.06. The summed E-state index contributed by atoms with van der Waals surface area (Å²) in [5.74, 6) is 0.148. The summed E-state index contributed by atoms with van der Waals surface area (Å²) in [6.07, 6.45) is 1.94.